The normalized spacial score (nSPS) is 14.4. The Morgan fingerprint density at radius 1 is 1.11 bits per heavy atom. The largest absolute Gasteiger partial charge is 0.306 e. The molecule has 0 N–H and O–H groups in total. The van der Waals surface area contributed by atoms with Crippen molar-refractivity contribution in [1.29, 1.82) is 0 Å². The van der Waals surface area contributed by atoms with Crippen molar-refractivity contribution in [1.82, 2.24) is 4.98 Å². The van der Waals surface area contributed by atoms with E-state index in [-0.39, 0.29) is 5.91 Å². The molecule has 3 nitrogen and oxygen atoms in total. The molecule has 0 atom stereocenters. The number of benzene rings is 1. The van der Waals surface area contributed by atoms with Gasteiger partial charge in [0.1, 0.15) is 5.15 Å². The van der Waals surface area contributed by atoms with Gasteiger partial charge >= 0.3 is 0 Å². The first-order valence-corrected chi connectivity index (χ1v) is 6.64. The molecule has 3 rings (SSSR count). The van der Waals surface area contributed by atoms with E-state index in [0.29, 0.717) is 28.7 Å². The van der Waals surface area contributed by atoms with E-state index in [1.54, 1.807) is 23.1 Å². The standard InChI is InChI=1S/C14H10Cl2N2O/c15-10-3-1-2-4-12(10)18-8-7-11-9(14(18)19)5-6-13(16)17-11/h1-6H,7-8H2. The van der Waals surface area contributed by atoms with E-state index in [9.17, 15) is 4.79 Å². The Balaban J connectivity index is 2.03. The summed E-state index contributed by atoms with van der Waals surface area (Å²) < 4.78 is 0. The molecule has 1 aromatic heterocycles. The number of carbonyl (C=O) groups excluding carboxylic acids is 1. The molecule has 0 radical (unpaired) electrons. The molecule has 5 heteroatoms. The van der Waals surface area contributed by atoms with Crippen molar-refractivity contribution < 1.29 is 4.79 Å². The van der Waals surface area contributed by atoms with Gasteiger partial charge in [0.15, 0.2) is 0 Å². The van der Waals surface area contributed by atoms with E-state index in [2.05, 4.69) is 4.98 Å². The Bertz CT molecular complexity index is 658. The average molecular weight is 293 g/mol. The van der Waals surface area contributed by atoms with E-state index in [0.717, 1.165) is 11.4 Å². The third-order valence-corrected chi connectivity index (χ3v) is 3.66. The van der Waals surface area contributed by atoms with Crippen LogP contribution < -0.4 is 4.90 Å². The average Bonchev–Trinajstić information content (AvgIpc) is 2.40. The van der Waals surface area contributed by atoms with Crippen LogP contribution in [0.4, 0.5) is 5.69 Å². The van der Waals surface area contributed by atoms with Crippen molar-refractivity contribution in [2.75, 3.05) is 11.4 Å². The number of amides is 1. The molecule has 1 aromatic carbocycles. The van der Waals surface area contributed by atoms with Gasteiger partial charge in [-0.2, -0.15) is 0 Å². The minimum absolute atomic E-state index is 0.0847. The number of carbonyl (C=O) groups is 1. The summed E-state index contributed by atoms with van der Waals surface area (Å²) in [6.07, 6.45) is 0.673. The number of pyridine rings is 1. The van der Waals surface area contributed by atoms with E-state index in [1.165, 1.54) is 0 Å². The summed E-state index contributed by atoms with van der Waals surface area (Å²) in [7, 11) is 0. The van der Waals surface area contributed by atoms with Gasteiger partial charge in [0.25, 0.3) is 5.91 Å². The molecule has 2 heterocycles. The predicted molar refractivity (Wildman–Crippen MR) is 76.1 cm³/mol. The number of aromatic nitrogens is 1. The zero-order valence-electron chi connectivity index (χ0n) is 9.94. The molecule has 0 saturated heterocycles. The Labute approximate surface area is 120 Å². The molecule has 0 bridgehead atoms. The lowest BCUT2D eigenvalue weighted by Gasteiger charge is -2.28. The van der Waals surface area contributed by atoms with Crippen LogP contribution in [0.25, 0.3) is 0 Å². The zero-order chi connectivity index (χ0) is 13.4. The van der Waals surface area contributed by atoms with Crippen LogP contribution >= 0.6 is 23.2 Å². The fourth-order valence-electron chi connectivity index (χ4n) is 2.23. The highest BCUT2D eigenvalue weighted by molar-refractivity contribution is 6.34. The first kappa shape index (κ1) is 12.5. The second-order valence-corrected chi connectivity index (χ2v) is 5.08. The summed E-state index contributed by atoms with van der Waals surface area (Å²) in [5.41, 5.74) is 2.08. The van der Waals surface area contributed by atoms with Crippen LogP contribution in [-0.4, -0.2) is 17.4 Å². The smallest absolute Gasteiger partial charge is 0.260 e. The minimum atomic E-state index is -0.0847. The molecule has 0 fully saturated rings. The van der Waals surface area contributed by atoms with Gasteiger partial charge < -0.3 is 4.90 Å². The summed E-state index contributed by atoms with van der Waals surface area (Å²) in [4.78, 5) is 18.3. The van der Waals surface area contributed by atoms with Crippen LogP contribution in [-0.2, 0) is 6.42 Å². The molecule has 1 aliphatic heterocycles. The van der Waals surface area contributed by atoms with Gasteiger partial charge in [-0.1, -0.05) is 35.3 Å². The first-order valence-electron chi connectivity index (χ1n) is 5.88. The maximum atomic E-state index is 12.5. The monoisotopic (exact) mass is 292 g/mol. The van der Waals surface area contributed by atoms with Crippen LogP contribution in [0.1, 0.15) is 16.1 Å². The summed E-state index contributed by atoms with van der Waals surface area (Å²) in [5, 5.41) is 0.985. The number of nitrogens with zero attached hydrogens (tertiary/aromatic N) is 2. The van der Waals surface area contributed by atoms with Crippen molar-refractivity contribution in [3.63, 3.8) is 0 Å². The first-order chi connectivity index (χ1) is 9.16. The fourth-order valence-corrected chi connectivity index (χ4v) is 2.63. The van der Waals surface area contributed by atoms with Crippen LogP contribution in [0.5, 0.6) is 0 Å². The van der Waals surface area contributed by atoms with Crippen molar-refractivity contribution in [2.24, 2.45) is 0 Å². The number of para-hydroxylation sites is 1. The van der Waals surface area contributed by atoms with E-state index in [4.69, 9.17) is 23.2 Å². The van der Waals surface area contributed by atoms with E-state index in [1.807, 2.05) is 18.2 Å². The topological polar surface area (TPSA) is 33.2 Å². The molecule has 1 amide bonds. The second-order valence-electron chi connectivity index (χ2n) is 4.29. The van der Waals surface area contributed by atoms with Gasteiger partial charge in [-0.25, -0.2) is 4.98 Å². The number of rotatable bonds is 1. The molecule has 19 heavy (non-hydrogen) atoms. The summed E-state index contributed by atoms with van der Waals surface area (Å²) >= 11 is 12.0. The molecular formula is C14H10Cl2N2O. The third kappa shape index (κ3) is 2.20. The lowest BCUT2D eigenvalue weighted by Crippen LogP contribution is -2.38. The van der Waals surface area contributed by atoms with Crippen LogP contribution in [0, 0.1) is 0 Å². The summed E-state index contributed by atoms with van der Waals surface area (Å²) in [6, 6.07) is 10.7. The fraction of sp³-hybridized carbons (Fsp3) is 0.143. The van der Waals surface area contributed by atoms with Gasteiger partial charge in [-0.3, -0.25) is 4.79 Å². The highest BCUT2D eigenvalue weighted by atomic mass is 35.5. The Kier molecular flexibility index (Phi) is 3.17. The Morgan fingerprint density at radius 2 is 1.89 bits per heavy atom. The SMILES string of the molecule is O=C1c2ccc(Cl)nc2CCN1c1ccccc1Cl. The molecule has 1 aliphatic rings. The quantitative estimate of drug-likeness (QED) is 0.753. The number of hydrogen-bond acceptors (Lipinski definition) is 2. The van der Waals surface area contributed by atoms with Crippen molar-refractivity contribution >= 4 is 34.8 Å². The van der Waals surface area contributed by atoms with E-state index < -0.39 is 0 Å². The molecule has 0 unspecified atom stereocenters. The highest BCUT2D eigenvalue weighted by Gasteiger charge is 2.27. The van der Waals surface area contributed by atoms with Gasteiger partial charge in [-0.05, 0) is 24.3 Å². The summed E-state index contributed by atoms with van der Waals surface area (Å²) in [5.74, 6) is -0.0847. The summed E-state index contributed by atoms with van der Waals surface area (Å²) in [6.45, 7) is 0.558. The number of fused-ring (bicyclic) bond motifs is 1. The van der Waals surface area contributed by atoms with Crippen molar-refractivity contribution in [3.8, 4) is 0 Å². The molecule has 0 spiro atoms. The maximum absolute atomic E-state index is 12.5. The molecule has 96 valence electrons. The number of hydrogen-bond donors (Lipinski definition) is 0. The van der Waals surface area contributed by atoms with E-state index >= 15 is 0 Å². The zero-order valence-corrected chi connectivity index (χ0v) is 11.4. The van der Waals surface area contributed by atoms with Crippen LogP contribution in [0.15, 0.2) is 36.4 Å². The van der Waals surface area contributed by atoms with Gasteiger partial charge in [0, 0.05) is 13.0 Å². The minimum Gasteiger partial charge on any atom is -0.306 e. The van der Waals surface area contributed by atoms with Gasteiger partial charge in [0.05, 0.1) is 22.0 Å². The predicted octanol–water partition coefficient (Wildman–Crippen LogP) is 3.59. The highest BCUT2D eigenvalue weighted by Crippen LogP contribution is 2.29. The second kappa shape index (κ2) is 4.83. The van der Waals surface area contributed by atoms with Crippen molar-refractivity contribution in [3.05, 3.63) is 57.8 Å². The molecular weight excluding hydrogens is 283 g/mol. The molecule has 0 aliphatic carbocycles. The van der Waals surface area contributed by atoms with Gasteiger partial charge in [-0.15, -0.1) is 0 Å². The Hall–Kier alpha value is -1.58. The lowest BCUT2D eigenvalue weighted by atomic mass is 10.0. The number of halogens is 2. The molecule has 0 saturated carbocycles. The van der Waals surface area contributed by atoms with Crippen LogP contribution in [0.3, 0.4) is 0 Å². The lowest BCUT2D eigenvalue weighted by molar-refractivity contribution is 0.0980. The molecule has 2 aromatic rings. The maximum Gasteiger partial charge on any atom is 0.260 e. The van der Waals surface area contributed by atoms with Crippen LogP contribution in [0.2, 0.25) is 10.2 Å². The van der Waals surface area contributed by atoms with Crippen molar-refractivity contribution in [2.45, 2.75) is 6.42 Å². The third-order valence-electron chi connectivity index (χ3n) is 3.13. The Morgan fingerprint density at radius 3 is 2.68 bits per heavy atom. The number of anilines is 1. The van der Waals surface area contributed by atoms with Gasteiger partial charge in [0.2, 0.25) is 0 Å².